The van der Waals surface area contributed by atoms with Gasteiger partial charge in [0, 0.05) is 6.42 Å². The van der Waals surface area contributed by atoms with Gasteiger partial charge in [0.1, 0.15) is 0 Å². The first-order valence-corrected chi connectivity index (χ1v) is 8.78. The molecule has 1 aromatic heterocycles. The summed E-state index contributed by atoms with van der Waals surface area (Å²) in [5.74, 6) is 2.94. The van der Waals surface area contributed by atoms with Crippen LogP contribution in [-0.4, -0.2) is 10.1 Å². The fraction of sp³-hybridized carbons (Fsp3) is 0.882. The molecule has 2 unspecified atom stereocenters. The van der Waals surface area contributed by atoms with Crippen LogP contribution in [0.3, 0.4) is 0 Å². The molecule has 4 heteroatoms. The van der Waals surface area contributed by atoms with E-state index in [1.807, 2.05) is 0 Å². The summed E-state index contributed by atoms with van der Waals surface area (Å²) in [6.07, 6.45) is 13.4. The molecule has 1 aromatic rings. The maximum Gasteiger partial charge on any atom is 0.226 e. The van der Waals surface area contributed by atoms with Gasteiger partial charge in [0.2, 0.25) is 5.89 Å². The molecule has 118 valence electrons. The molecular formula is C17H29N3O. The molecular weight excluding hydrogens is 262 g/mol. The molecule has 21 heavy (non-hydrogen) atoms. The first-order valence-electron chi connectivity index (χ1n) is 8.78. The molecule has 2 N–H and O–H groups in total. The molecule has 0 saturated heterocycles. The van der Waals surface area contributed by atoms with Gasteiger partial charge in [0.25, 0.3) is 0 Å². The zero-order valence-electron chi connectivity index (χ0n) is 13.3. The fourth-order valence-electron chi connectivity index (χ4n) is 4.15. The molecule has 0 amide bonds. The highest BCUT2D eigenvalue weighted by atomic mass is 16.5. The van der Waals surface area contributed by atoms with Crippen molar-refractivity contribution in [2.45, 2.75) is 83.1 Å². The van der Waals surface area contributed by atoms with Gasteiger partial charge in [-0.05, 0) is 37.5 Å². The van der Waals surface area contributed by atoms with Gasteiger partial charge in [-0.3, -0.25) is 0 Å². The average Bonchev–Trinajstić information content (AvgIpc) is 2.76. The normalized spacial score (nSPS) is 32.0. The Morgan fingerprint density at radius 1 is 1.14 bits per heavy atom. The van der Waals surface area contributed by atoms with E-state index in [1.54, 1.807) is 0 Å². The molecule has 3 rings (SSSR count). The Morgan fingerprint density at radius 2 is 1.90 bits per heavy atom. The number of rotatable bonds is 3. The van der Waals surface area contributed by atoms with E-state index < -0.39 is 0 Å². The SMILES string of the molecule is CC1CCCC(N)(c2noc(CC3CCCCCC3)n2)C1. The molecule has 2 atom stereocenters. The number of nitrogens with zero attached hydrogens (tertiary/aromatic N) is 2. The van der Waals surface area contributed by atoms with E-state index in [-0.39, 0.29) is 5.54 Å². The van der Waals surface area contributed by atoms with Gasteiger partial charge in [-0.15, -0.1) is 0 Å². The topological polar surface area (TPSA) is 64.9 Å². The summed E-state index contributed by atoms with van der Waals surface area (Å²) in [4.78, 5) is 4.66. The number of hydrogen-bond acceptors (Lipinski definition) is 4. The van der Waals surface area contributed by atoms with Crippen molar-refractivity contribution in [1.82, 2.24) is 10.1 Å². The number of hydrogen-bond donors (Lipinski definition) is 1. The molecule has 0 spiro atoms. The maximum absolute atomic E-state index is 6.56. The van der Waals surface area contributed by atoms with E-state index in [0.717, 1.165) is 36.9 Å². The summed E-state index contributed by atoms with van der Waals surface area (Å²) in [7, 11) is 0. The van der Waals surface area contributed by atoms with E-state index in [1.165, 1.54) is 51.4 Å². The molecule has 2 aliphatic rings. The maximum atomic E-state index is 6.56. The van der Waals surface area contributed by atoms with Crippen LogP contribution in [0.5, 0.6) is 0 Å². The van der Waals surface area contributed by atoms with Crippen molar-refractivity contribution in [3.05, 3.63) is 11.7 Å². The predicted octanol–water partition coefficient (Wildman–Crippen LogP) is 3.95. The summed E-state index contributed by atoms with van der Waals surface area (Å²) in [6, 6.07) is 0. The quantitative estimate of drug-likeness (QED) is 0.856. The lowest BCUT2D eigenvalue weighted by Gasteiger charge is -2.33. The van der Waals surface area contributed by atoms with Gasteiger partial charge in [0.15, 0.2) is 5.82 Å². The van der Waals surface area contributed by atoms with Crippen LogP contribution in [0.2, 0.25) is 0 Å². The Hall–Kier alpha value is -0.900. The lowest BCUT2D eigenvalue weighted by atomic mass is 9.76. The van der Waals surface area contributed by atoms with Crippen LogP contribution in [0, 0.1) is 11.8 Å². The van der Waals surface area contributed by atoms with Gasteiger partial charge in [-0.2, -0.15) is 4.98 Å². The molecule has 2 aliphatic carbocycles. The molecule has 4 nitrogen and oxygen atoms in total. The van der Waals surface area contributed by atoms with Crippen molar-refractivity contribution in [3.8, 4) is 0 Å². The van der Waals surface area contributed by atoms with E-state index in [0.29, 0.717) is 5.92 Å². The second-order valence-electron chi connectivity index (χ2n) is 7.43. The lowest BCUT2D eigenvalue weighted by molar-refractivity contribution is 0.221. The third-order valence-electron chi connectivity index (χ3n) is 5.38. The second kappa shape index (κ2) is 6.47. The standard InChI is InChI=1S/C17H29N3O/c1-13-7-6-10-17(18,12-13)16-19-15(21-20-16)11-14-8-4-2-3-5-9-14/h13-14H,2-12,18H2,1H3. The van der Waals surface area contributed by atoms with Gasteiger partial charge in [0.05, 0.1) is 5.54 Å². The summed E-state index contributed by atoms with van der Waals surface area (Å²) in [5.41, 5.74) is 6.20. The first-order chi connectivity index (χ1) is 10.2. The monoisotopic (exact) mass is 291 g/mol. The smallest absolute Gasteiger partial charge is 0.226 e. The van der Waals surface area contributed by atoms with Crippen molar-refractivity contribution in [3.63, 3.8) is 0 Å². The van der Waals surface area contributed by atoms with Gasteiger partial charge < -0.3 is 10.3 Å². The Labute approximate surface area is 127 Å². The van der Waals surface area contributed by atoms with Crippen LogP contribution in [0.25, 0.3) is 0 Å². The van der Waals surface area contributed by atoms with Crippen LogP contribution >= 0.6 is 0 Å². The van der Waals surface area contributed by atoms with Crippen molar-refractivity contribution in [2.24, 2.45) is 17.6 Å². The van der Waals surface area contributed by atoms with Gasteiger partial charge in [-0.25, -0.2) is 0 Å². The Morgan fingerprint density at radius 3 is 2.62 bits per heavy atom. The van der Waals surface area contributed by atoms with Crippen LogP contribution in [0.15, 0.2) is 4.52 Å². The van der Waals surface area contributed by atoms with Crippen molar-refractivity contribution < 1.29 is 4.52 Å². The lowest BCUT2D eigenvalue weighted by Crippen LogP contribution is -2.42. The Balaban J connectivity index is 1.65. The third-order valence-corrected chi connectivity index (χ3v) is 5.38. The molecule has 0 bridgehead atoms. The summed E-state index contributed by atoms with van der Waals surface area (Å²) < 4.78 is 5.52. The van der Waals surface area contributed by atoms with Crippen LogP contribution in [0.4, 0.5) is 0 Å². The van der Waals surface area contributed by atoms with Gasteiger partial charge in [-0.1, -0.05) is 50.6 Å². The van der Waals surface area contributed by atoms with Gasteiger partial charge >= 0.3 is 0 Å². The minimum absolute atomic E-state index is 0.358. The first kappa shape index (κ1) is 15.0. The molecule has 0 aliphatic heterocycles. The third kappa shape index (κ3) is 3.65. The highest BCUT2D eigenvalue weighted by Gasteiger charge is 2.37. The summed E-state index contributed by atoms with van der Waals surface area (Å²) in [5, 5.41) is 4.22. The Kier molecular flexibility index (Phi) is 4.63. The second-order valence-corrected chi connectivity index (χ2v) is 7.43. The van der Waals surface area contributed by atoms with E-state index >= 15 is 0 Å². The van der Waals surface area contributed by atoms with Crippen LogP contribution in [-0.2, 0) is 12.0 Å². The Bertz CT molecular complexity index is 451. The van der Waals surface area contributed by atoms with E-state index in [4.69, 9.17) is 10.3 Å². The van der Waals surface area contributed by atoms with E-state index in [9.17, 15) is 0 Å². The molecule has 0 aromatic carbocycles. The summed E-state index contributed by atoms with van der Waals surface area (Å²) >= 11 is 0. The van der Waals surface area contributed by atoms with Crippen LogP contribution in [0.1, 0.15) is 82.8 Å². The number of nitrogens with two attached hydrogens (primary N) is 1. The highest BCUT2D eigenvalue weighted by Crippen LogP contribution is 2.36. The zero-order chi connectivity index (χ0) is 14.7. The summed E-state index contributed by atoms with van der Waals surface area (Å²) in [6.45, 7) is 2.27. The molecule has 2 fully saturated rings. The van der Waals surface area contributed by atoms with Crippen molar-refractivity contribution >= 4 is 0 Å². The highest BCUT2D eigenvalue weighted by molar-refractivity contribution is 5.06. The molecule has 2 saturated carbocycles. The minimum atomic E-state index is -0.358. The average molecular weight is 291 g/mol. The number of aromatic nitrogens is 2. The zero-order valence-corrected chi connectivity index (χ0v) is 13.3. The van der Waals surface area contributed by atoms with Crippen molar-refractivity contribution in [2.75, 3.05) is 0 Å². The van der Waals surface area contributed by atoms with E-state index in [2.05, 4.69) is 17.1 Å². The molecule has 0 radical (unpaired) electrons. The largest absolute Gasteiger partial charge is 0.339 e. The minimum Gasteiger partial charge on any atom is -0.339 e. The predicted molar refractivity (Wildman–Crippen MR) is 82.7 cm³/mol. The van der Waals surface area contributed by atoms with Crippen molar-refractivity contribution in [1.29, 1.82) is 0 Å². The van der Waals surface area contributed by atoms with Crippen LogP contribution < -0.4 is 5.73 Å². The molecule has 1 heterocycles. The fourth-order valence-corrected chi connectivity index (χ4v) is 4.15.